The average Bonchev–Trinajstić information content (AvgIpc) is 2.18. The highest BCUT2D eigenvalue weighted by Crippen LogP contribution is 2.14. The quantitative estimate of drug-likeness (QED) is 0.779. The molecule has 0 saturated carbocycles. The fourth-order valence-electron chi connectivity index (χ4n) is 1.46. The van der Waals surface area contributed by atoms with E-state index in [0.717, 1.165) is 25.0 Å². The summed E-state index contributed by atoms with van der Waals surface area (Å²) in [5.41, 5.74) is 7.01. The van der Waals surface area contributed by atoms with Crippen molar-refractivity contribution in [3.63, 3.8) is 0 Å². The van der Waals surface area contributed by atoms with E-state index in [2.05, 4.69) is 12.1 Å². The van der Waals surface area contributed by atoms with E-state index >= 15 is 0 Å². The molecule has 2 N–H and O–H groups in total. The molecule has 0 heterocycles. The molecule has 0 aliphatic heterocycles. The van der Waals surface area contributed by atoms with E-state index in [-0.39, 0.29) is 0 Å². The standard InChI is InChI=1S/C12H19NO/c1-10(13)5-3-6-11-7-4-8-12(9-11)14-2/h4,7-10H,3,5-6,13H2,1-2H3. The Kier molecular flexibility index (Phi) is 4.47. The third-order valence-corrected chi connectivity index (χ3v) is 2.26. The van der Waals surface area contributed by atoms with Gasteiger partial charge in [-0.3, -0.25) is 0 Å². The summed E-state index contributed by atoms with van der Waals surface area (Å²) in [6.07, 6.45) is 3.31. The summed E-state index contributed by atoms with van der Waals surface area (Å²) in [7, 11) is 1.70. The van der Waals surface area contributed by atoms with Gasteiger partial charge in [-0.1, -0.05) is 12.1 Å². The summed E-state index contributed by atoms with van der Waals surface area (Å²) in [5, 5.41) is 0. The molecular formula is C12H19NO. The third-order valence-electron chi connectivity index (χ3n) is 2.26. The van der Waals surface area contributed by atoms with Crippen molar-refractivity contribution in [3.8, 4) is 5.75 Å². The lowest BCUT2D eigenvalue weighted by molar-refractivity contribution is 0.414. The number of nitrogens with two attached hydrogens (primary N) is 1. The summed E-state index contributed by atoms with van der Waals surface area (Å²) >= 11 is 0. The van der Waals surface area contributed by atoms with Gasteiger partial charge < -0.3 is 10.5 Å². The molecule has 1 aromatic carbocycles. The monoisotopic (exact) mass is 193 g/mol. The summed E-state index contributed by atoms with van der Waals surface area (Å²) in [6, 6.07) is 8.51. The van der Waals surface area contributed by atoms with Crippen LogP contribution in [0.1, 0.15) is 25.3 Å². The van der Waals surface area contributed by atoms with Crippen molar-refractivity contribution in [1.29, 1.82) is 0 Å². The Bertz CT molecular complexity index is 271. The maximum atomic E-state index is 5.69. The van der Waals surface area contributed by atoms with Crippen LogP contribution in [0.3, 0.4) is 0 Å². The number of hydrogen-bond acceptors (Lipinski definition) is 2. The second-order valence-corrected chi connectivity index (χ2v) is 3.72. The summed E-state index contributed by atoms with van der Waals surface area (Å²) in [4.78, 5) is 0. The molecule has 0 aromatic heterocycles. The van der Waals surface area contributed by atoms with Crippen LogP contribution in [0.15, 0.2) is 24.3 Å². The van der Waals surface area contributed by atoms with Gasteiger partial charge in [0, 0.05) is 6.04 Å². The minimum Gasteiger partial charge on any atom is -0.497 e. The highest BCUT2D eigenvalue weighted by molar-refractivity contribution is 5.28. The fraction of sp³-hybridized carbons (Fsp3) is 0.500. The van der Waals surface area contributed by atoms with Gasteiger partial charge in [-0.2, -0.15) is 0 Å². The summed E-state index contributed by atoms with van der Waals surface area (Å²) in [6.45, 7) is 2.05. The Hall–Kier alpha value is -1.02. The SMILES string of the molecule is COc1cccc(CCCC(C)N)c1. The van der Waals surface area contributed by atoms with Crippen LogP contribution < -0.4 is 10.5 Å². The minimum absolute atomic E-state index is 0.306. The van der Waals surface area contributed by atoms with Crippen LogP contribution in [0.2, 0.25) is 0 Å². The van der Waals surface area contributed by atoms with E-state index in [1.807, 2.05) is 19.1 Å². The molecule has 0 fully saturated rings. The lowest BCUT2D eigenvalue weighted by Crippen LogP contribution is -2.14. The molecule has 14 heavy (non-hydrogen) atoms. The molecular weight excluding hydrogens is 174 g/mol. The highest BCUT2D eigenvalue weighted by atomic mass is 16.5. The fourth-order valence-corrected chi connectivity index (χ4v) is 1.46. The van der Waals surface area contributed by atoms with Crippen LogP contribution in [0.4, 0.5) is 0 Å². The number of methoxy groups -OCH3 is 1. The van der Waals surface area contributed by atoms with Crippen LogP contribution in [0, 0.1) is 0 Å². The first-order valence-corrected chi connectivity index (χ1v) is 5.11. The largest absolute Gasteiger partial charge is 0.497 e. The molecule has 78 valence electrons. The van der Waals surface area contributed by atoms with Gasteiger partial charge in [-0.05, 0) is 43.9 Å². The van der Waals surface area contributed by atoms with Gasteiger partial charge in [-0.15, -0.1) is 0 Å². The van der Waals surface area contributed by atoms with E-state index in [1.165, 1.54) is 5.56 Å². The predicted octanol–water partition coefficient (Wildman–Crippen LogP) is 2.37. The van der Waals surface area contributed by atoms with Gasteiger partial charge in [-0.25, -0.2) is 0 Å². The average molecular weight is 193 g/mol. The topological polar surface area (TPSA) is 35.2 Å². The van der Waals surface area contributed by atoms with Gasteiger partial charge >= 0.3 is 0 Å². The zero-order valence-electron chi connectivity index (χ0n) is 8.99. The molecule has 0 radical (unpaired) electrons. The number of aryl methyl sites for hydroxylation is 1. The van der Waals surface area contributed by atoms with Gasteiger partial charge in [0.25, 0.3) is 0 Å². The van der Waals surface area contributed by atoms with Gasteiger partial charge in [0.15, 0.2) is 0 Å². The van der Waals surface area contributed by atoms with Crippen LogP contribution in [-0.2, 0) is 6.42 Å². The molecule has 0 spiro atoms. The van der Waals surface area contributed by atoms with E-state index in [9.17, 15) is 0 Å². The number of ether oxygens (including phenoxy) is 1. The number of rotatable bonds is 5. The van der Waals surface area contributed by atoms with Crippen LogP contribution in [-0.4, -0.2) is 13.2 Å². The van der Waals surface area contributed by atoms with Crippen molar-refractivity contribution in [2.75, 3.05) is 7.11 Å². The molecule has 1 aromatic rings. The Labute approximate surface area is 86.1 Å². The second kappa shape index (κ2) is 5.66. The summed E-state index contributed by atoms with van der Waals surface area (Å²) in [5.74, 6) is 0.934. The first-order chi connectivity index (χ1) is 6.72. The van der Waals surface area contributed by atoms with E-state index in [0.29, 0.717) is 6.04 Å². The summed E-state index contributed by atoms with van der Waals surface area (Å²) < 4.78 is 5.16. The normalized spacial score (nSPS) is 12.5. The Balaban J connectivity index is 2.42. The molecule has 0 aliphatic rings. The van der Waals surface area contributed by atoms with Crippen LogP contribution in [0.5, 0.6) is 5.75 Å². The van der Waals surface area contributed by atoms with Crippen molar-refractivity contribution in [3.05, 3.63) is 29.8 Å². The smallest absolute Gasteiger partial charge is 0.119 e. The molecule has 2 nitrogen and oxygen atoms in total. The zero-order chi connectivity index (χ0) is 10.4. The molecule has 0 bridgehead atoms. The Morgan fingerprint density at radius 2 is 2.21 bits per heavy atom. The van der Waals surface area contributed by atoms with Gasteiger partial charge in [0.1, 0.15) is 5.75 Å². The molecule has 0 aliphatic carbocycles. The Morgan fingerprint density at radius 3 is 2.86 bits per heavy atom. The van der Waals surface area contributed by atoms with Crippen molar-refractivity contribution in [2.45, 2.75) is 32.2 Å². The lowest BCUT2D eigenvalue weighted by Gasteiger charge is -2.06. The van der Waals surface area contributed by atoms with Crippen molar-refractivity contribution >= 4 is 0 Å². The highest BCUT2D eigenvalue weighted by Gasteiger charge is 1.97. The Morgan fingerprint density at radius 1 is 1.43 bits per heavy atom. The second-order valence-electron chi connectivity index (χ2n) is 3.72. The first kappa shape index (κ1) is 11.1. The van der Waals surface area contributed by atoms with E-state index in [4.69, 9.17) is 10.5 Å². The van der Waals surface area contributed by atoms with Crippen molar-refractivity contribution in [2.24, 2.45) is 5.73 Å². The van der Waals surface area contributed by atoms with Gasteiger partial charge in [0.2, 0.25) is 0 Å². The minimum atomic E-state index is 0.306. The maximum absolute atomic E-state index is 5.69. The third kappa shape index (κ3) is 3.79. The molecule has 0 saturated heterocycles. The predicted molar refractivity (Wildman–Crippen MR) is 59.6 cm³/mol. The van der Waals surface area contributed by atoms with E-state index in [1.54, 1.807) is 7.11 Å². The lowest BCUT2D eigenvalue weighted by atomic mass is 10.1. The van der Waals surface area contributed by atoms with Gasteiger partial charge in [0.05, 0.1) is 7.11 Å². The molecule has 0 amide bonds. The van der Waals surface area contributed by atoms with E-state index < -0.39 is 0 Å². The van der Waals surface area contributed by atoms with Crippen LogP contribution in [0.25, 0.3) is 0 Å². The molecule has 1 rings (SSSR count). The molecule has 1 atom stereocenters. The first-order valence-electron chi connectivity index (χ1n) is 5.11. The van der Waals surface area contributed by atoms with Crippen molar-refractivity contribution in [1.82, 2.24) is 0 Å². The zero-order valence-corrected chi connectivity index (χ0v) is 8.99. The maximum Gasteiger partial charge on any atom is 0.119 e. The molecule has 2 heteroatoms. The van der Waals surface area contributed by atoms with Crippen molar-refractivity contribution < 1.29 is 4.74 Å². The number of benzene rings is 1. The van der Waals surface area contributed by atoms with Crippen LogP contribution >= 0.6 is 0 Å². The number of hydrogen-bond donors (Lipinski definition) is 1. The molecule has 1 unspecified atom stereocenters.